The summed E-state index contributed by atoms with van der Waals surface area (Å²) in [4.78, 5) is 3.75. The molecule has 0 spiro atoms. The summed E-state index contributed by atoms with van der Waals surface area (Å²) in [5, 5.41) is 9.08. The van der Waals surface area contributed by atoms with Gasteiger partial charge in [-0.1, -0.05) is 0 Å². The van der Waals surface area contributed by atoms with Gasteiger partial charge in [-0.3, -0.25) is 0 Å². The minimum atomic E-state index is -3.44. The van der Waals surface area contributed by atoms with Crippen LogP contribution < -0.4 is 0 Å². The largest absolute Gasteiger partial charge is 0.391 e. The Labute approximate surface area is 119 Å². The monoisotopic (exact) mass is 306 g/mol. The molecule has 0 aliphatic rings. The minimum absolute atomic E-state index is 0.120. The van der Waals surface area contributed by atoms with E-state index in [1.807, 2.05) is 19.0 Å². The second-order valence-corrected chi connectivity index (χ2v) is 8.13. The van der Waals surface area contributed by atoms with E-state index in [4.69, 9.17) is 5.11 Å². The first-order chi connectivity index (χ1) is 8.78. The van der Waals surface area contributed by atoms with Crippen molar-refractivity contribution < 1.29 is 13.5 Å². The van der Waals surface area contributed by atoms with Crippen LogP contribution in [0.1, 0.15) is 16.2 Å². The molecule has 1 N–H and O–H groups in total. The van der Waals surface area contributed by atoms with Crippen molar-refractivity contribution in [3.8, 4) is 0 Å². The lowest BCUT2D eigenvalue weighted by Crippen LogP contribution is -2.30. The highest BCUT2D eigenvalue weighted by atomic mass is 32.2. The summed E-state index contributed by atoms with van der Waals surface area (Å²) in [6.45, 7) is 2.99. The van der Waals surface area contributed by atoms with Gasteiger partial charge in [0.25, 0.3) is 0 Å². The van der Waals surface area contributed by atoms with E-state index in [1.165, 1.54) is 15.6 Å². The third kappa shape index (κ3) is 4.25. The minimum Gasteiger partial charge on any atom is -0.391 e. The van der Waals surface area contributed by atoms with Crippen molar-refractivity contribution in [1.29, 1.82) is 0 Å². The molecule has 0 unspecified atom stereocenters. The predicted octanol–water partition coefficient (Wildman–Crippen LogP) is 1.12. The highest BCUT2D eigenvalue weighted by Gasteiger charge is 2.24. The van der Waals surface area contributed by atoms with E-state index in [-0.39, 0.29) is 6.61 Å². The van der Waals surface area contributed by atoms with Crippen molar-refractivity contribution in [3.05, 3.63) is 15.8 Å². The molecule has 0 bridgehead atoms. The normalized spacial score (nSPS) is 12.6. The van der Waals surface area contributed by atoms with Crippen molar-refractivity contribution in [1.82, 2.24) is 9.21 Å². The highest BCUT2D eigenvalue weighted by molar-refractivity contribution is 7.89. The number of aliphatic hydroxyl groups excluding tert-OH is 1. The lowest BCUT2D eigenvalue weighted by Gasteiger charge is -2.18. The maximum absolute atomic E-state index is 12.4. The van der Waals surface area contributed by atoms with Gasteiger partial charge >= 0.3 is 0 Å². The van der Waals surface area contributed by atoms with Gasteiger partial charge in [-0.05, 0) is 40.1 Å². The maximum Gasteiger partial charge on any atom is 0.243 e. The van der Waals surface area contributed by atoms with E-state index >= 15 is 0 Å². The average molecular weight is 306 g/mol. The molecular formula is C12H22N2O3S2. The lowest BCUT2D eigenvalue weighted by molar-refractivity contribution is 0.285. The van der Waals surface area contributed by atoms with Gasteiger partial charge in [0.2, 0.25) is 10.0 Å². The van der Waals surface area contributed by atoms with Crippen molar-refractivity contribution in [2.24, 2.45) is 0 Å². The molecule has 5 nitrogen and oxygen atoms in total. The first kappa shape index (κ1) is 16.6. The zero-order chi connectivity index (χ0) is 14.6. The van der Waals surface area contributed by atoms with Crippen LogP contribution >= 0.6 is 11.3 Å². The van der Waals surface area contributed by atoms with E-state index in [9.17, 15) is 8.42 Å². The van der Waals surface area contributed by atoms with Crippen LogP contribution in [0, 0.1) is 6.92 Å². The molecular weight excluding hydrogens is 284 g/mol. The van der Waals surface area contributed by atoms with E-state index in [0.717, 1.165) is 17.8 Å². The van der Waals surface area contributed by atoms with E-state index in [0.29, 0.717) is 16.3 Å². The molecule has 0 aromatic carbocycles. The molecule has 0 fully saturated rings. The molecule has 0 saturated heterocycles. The summed E-state index contributed by atoms with van der Waals surface area (Å²) in [6, 6.07) is 1.57. The van der Waals surface area contributed by atoms with Gasteiger partial charge in [0.05, 0.1) is 11.5 Å². The summed E-state index contributed by atoms with van der Waals surface area (Å²) < 4.78 is 26.2. The zero-order valence-electron chi connectivity index (χ0n) is 11.9. The smallest absolute Gasteiger partial charge is 0.243 e. The first-order valence-corrected chi connectivity index (χ1v) is 8.36. The molecule has 0 amide bonds. The van der Waals surface area contributed by atoms with E-state index < -0.39 is 10.0 Å². The molecule has 1 rings (SSSR count). The van der Waals surface area contributed by atoms with Crippen molar-refractivity contribution in [2.75, 3.05) is 34.2 Å². The molecule has 1 aromatic rings. The van der Waals surface area contributed by atoms with Crippen LogP contribution in [-0.2, 0) is 16.6 Å². The topological polar surface area (TPSA) is 60.9 Å². The van der Waals surface area contributed by atoms with Crippen LogP contribution in [0.15, 0.2) is 11.0 Å². The van der Waals surface area contributed by atoms with E-state index in [1.54, 1.807) is 20.0 Å². The second kappa shape index (κ2) is 6.81. The molecule has 0 radical (unpaired) electrons. The van der Waals surface area contributed by atoms with Gasteiger partial charge in [-0.2, -0.15) is 0 Å². The van der Waals surface area contributed by atoms with Gasteiger partial charge in [0, 0.05) is 23.3 Å². The van der Waals surface area contributed by atoms with Crippen LogP contribution in [0.3, 0.4) is 0 Å². The number of sulfonamides is 1. The fraction of sp³-hybridized carbons (Fsp3) is 0.667. The summed E-state index contributed by atoms with van der Waals surface area (Å²) >= 11 is 1.32. The Morgan fingerprint density at radius 3 is 2.37 bits per heavy atom. The summed E-state index contributed by atoms with van der Waals surface area (Å²) in [5.41, 5.74) is 0. The number of hydrogen-bond donors (Lipinski definition) is 1. The lowest BCUT2D eigenvalue weighted by atomic mass is 10.4. The van der Waals surface area contributed by atoms with Crippen molar-refractivity contribution in [3.63, 3.8) is 0 Å². The molecule has 19 heavy (non-hydrogen) atoms. The number of rotatable bonds is 7. The predicted molar refractivity (Wildman–Crippen MR) is 78.0 cm³/mol. The van der Waals surface area contributed by atoms with Crippen LogP contribution in [0.4, 0.5) is 0 Å². The molecule has 0 saturated carbocycles. The van der Waals surface area contributed by atoms with Crippen molar-refractivity contribution >= 4 is 21.4 Å². The summed E-state index contributed by atoms with van der Waals surface area (Å²) in [6.07, 6.45) is 0.790. The second-order valence-electron chi connectivity index (χ2n) is 4.77. The Kier molecular flexibility index (Phi) is 5.94. The molecule has 0 atom stereocenters. The highest BCUT2D eigenvalue weighted by Crippen LogP contribution is 2.27. The summed E-state index contributed by atoms with van der Waals surface area (Å²) in [5.74, 6) is 0. The first-order valence-electron chi connectivity index (χ1n) is 6.10. The quantitative estimate of drug-likeness (QED) is 0.820. The van der Waals surface area contributed by atoms with Gasteiger partial charge < -0.3 is 10.0 Å². The molecule has 0 aliphatic carbocycles. The molecule has 7 heteroatoms. The van der Waals surface area contributed by atoms with Crippen LogP contribution in [0.5, 0.6) is 0 Å². The Bertz CT molecular complexity index is 509. The number of aliphatic hydroxyl groups is 1. The Morgan fingerprint density at radius 1 is 1.26 bits per heavy atom. The third-order valence-electron chi connectivity index (χ3n) is 2.85. The van der Waals surface area contributed by atoms with Gasteiger partial charge in [-0.15, -0.1) is 11.3 Å². The van der Waals surface area contributed by atoms with Gasteiger partial charge in [0.1, 0.15) is 0 Å². The van der Waals surface area contributed by atoms with Crippen LogP contribution in [0.2, 0.25) is 0 Å². The SMILES string of the molecule is Cc1sc(CO)cc1S(=O)(=O)N(C)CCCN(C)C. The van der Waals surface area contributed by atoms with Gasteiger partial charge in [0.15, 0.2) is 0 Å². The number of thiophene rings is 1. The fourth-order valence-electron chi connectivity index (χ4n) is 1.76. The van der Waals surface area contributed by atoms with E-state index in [2.05, 4.69) is 0 Å². The molecule has 1 heterocycles. The molecule has 0 aliphatic heterocycles. The Morgan fingerprint density at radius 2 is 1.89 bits per heavy atom. The number of aryl methyl sites for hydroxylation is 1. The zero-order valence-corrected chi connectivity index (χ0v) is 13.5. The van der Waals surface area contributed by atoms with Crippen LogP contribution in [0.25, 0.3) is 0 Å². The Hall–Kier alpha value is -0.470. The maximum atomic E-state index is 12.4. The standard InChI is InChI=1S/C12H22N2O3S2/c1-10-12(8-11(9-15)18-10)19(16,17)14(4)7-5-6-13(2)3/h8,15H,5-7,9H2,1-4H3. The average Bonchev–Trinajstić information content (AvgIpc) is 2.70. The Balaban J connectivity index is 2.81. The third-order valence-corrected chi connectivity index (χ3v) is 5.99. The fourth-order valence-corrected chi connectivity index (χ4v) is 4.43. The molecule has 110 valence electrons. The van der Waals surface area contributed by atoms with Gasteiger partial charge in [-0.25, -0.2) is 12.7 Å². The summed E-state index contributed by atoms with van der Waals surface area (Å²) in [7, 11) is 2.08. The number of nitrogens with zero attached hydrogens (tertiary/aromatic N) is 2. The van der Waals surface area contributed by atoms with Crippen LogP contribution in [-0.4, -0.2) is 57.0 Å². The number of hydrogen-bond acceptors (Lipinski definition) is 5. The van der Waals surface area contributed by atoms with Crippen molar-refractivity contribution in [2.45, 2.75) is 24.8 Å². The molecule has 1 aromatic heterocycles.